The van der Waals surface area contributed by atoms with Crippen LogP contribution in [0.3, 0.4) is 0 Å². The topological polar surface area (TPSA) is 52.1 Å². The van der Waals surface area contributed by atoms with E-state index in [4.69, 9.17) is 4.74 Å². The molecule has 0 aliphatic heterocycles. The smallest absolute Gasteiger partial charge is 0.313 e. The SMILES string of the molecule is CCC(C(=O)OCc1nc2ccccc2nc1C)c1ccccc1. The molecule has 0 amide bonds. The summed E-state index contributed by atoms with van der Waals surface area (Å²) in [6, 6.07) is 17.4. The van der Waals surface area contributed by atoms with Crippen LogP contribution < -0.4 is 0 Å². The van der Waals surface area contributed by atoms with Crippen LogP contribution >= 0.6 is 0 Å². The van der Waals surface area contributed by atoms with Gasteiger partial charge in [-0.25, -0.2) is 9.97 Å². The molecule has 2 aromatic carbocycles. The largest absolute Gasteiger partial charge is 0.459 e. The molecule has 0 N–H and O–H groups in total. The fraction of sp³-hybridized carbons (Fsp3) is 0.250. The van der Waals surface area contributed by atoms with Crippen molar-refractivity contribution in [3.05, 3.63) is 71.5 Å². The number of aryl methyl sites for hydroxylation is 1. The van der Waals surface area contributed by atoms with Crippen LogP contribution in [0, 0.1) is 6.92 Å². The molecule has 0 radical (unpaired) electrons. The van der Waals surface area contributed by atoms with E-state index in [0.717, 1.165) is 22.3 Å². The number of nitrogens with zero attached hydrogens (tertiary/aromatic N) is 2. The van der Waals surface area contributed by atoms with E-state index in [1.807, 2.05) is 68.4 Å². The van der Waals surface area contributed by atoms with Gasteiger partial charge in [-0.1, -0.05) is 49.4 Å². The lowest BCUT2D eigenvalue weighted by atomic mass is 9.97. The van der Waals surface area contributed by atoms with Crippen molar-refractivity contribution < 1.29 is 9.53 Å². The third-order valence-electron chi connectivity index (χ3n) is 4.09. The van der Waals surface area contributed by atoms with Gasteiger partial charge in [0.15, 0.2) is 0 Å². The zero-order valence-corrected chi connectivity index (χ0v) is 13.9. The molecular formula is C20H20N2O2. The molecule has 3 rings (SSSR count). The number of benzene rings is 2. The van der Waals surface area contributed by atoms with E-state index in [1.54, 1.807) is 0 Å². The van der Waals surface area contributed by atoms with E-state index in [-0.39, 0.29) is 18.5 Å². The lowest BCUT2D eigenvalue weighted by Gasteiger charge is -2.15. The molecule has 1 heterocycles. The summed E-state index contributed by atoms with van der Waals surface area (Å²) in [5.41, 5.74) is 4.12. The third-order valence-corrected chi connectivity index (χ3v) is 4.09. The van der Waals surface area contributed by atoms with Gasteiger partial charge in [-0.3, -0.25) is 4.79 Å². The molecule has 3 aromatic rings. The van der Waals surface area contributed by atoms with Crippen molar-refractivity contribution in [2.24, 2.45) is 0 Å². The van der Waals surface area contributed by atoms with Crippen LogP contribution in [0.1, 0.15) is 36.2 Å². The lowest BCUT2D eigenvalue weighted by Crippen LogP contribution is -2.16. The molecule has 1 atom stereocenters. The minimum Gasteiger partial charge on any atom is -0.459 e. The standard InChI is InChI=1S/C20H20N2O2/c1-3-16(15-9-5-4-6-10-15)20(23)24-13-19-14(2)21-17-11-7-8-12-18(17)22-19/h4-12,16H,3,13H2,1-2H3. The molecule has 4 nitrogen and oxygen atoms in total. The third kappa shape index (κ3) is 3.43. The summed E-state index contributed by atoms with van der Waals surface area (Å²) in [7, 11) is 0. The van der Waals surface area contributed by atoms with Gasteiger partial charge in [0, 0.05) is 0 Å². The van der Waals surface area contributed by atoms with Crippen molar-refractivity contribution in [3.8, 4) is 0 Å². The van der Waals surface area contributed by atoms with Crippen molar-refractivity contribution in [2.75, 3.05) is 0 Å². The van der Waals surface area contributed by atoms with Gasteiger partial charge in [-0.05, 0) is 31.0 Å². The summed E-state index contributed by atoms with van der Waals surface area (Å²) < 4.78 is 5.52. The molecule has 0 saturated carbocycles. The molecule has 0 aliphatic rings. The number of esters is 1. The Labute approximate surface area is 141 Å². The van der Waals surface area contributed by atoms with Gasteiger partial charge in [0.1, 0.15) is 6.61 Å². The van der Waals surface area contributed by atoms with Crippen molar-refractivity contribution in [1.29, 1.82) is 0 Å². The first-order valence-corrected chi connectivity index (χ1v) is 8.13. The maximum Gasteiger partial charge on any atom is 0.313 e. The summed E-state index contributed by atoms with van der Waals surface area (Å²) in [5.74, 6) is -0.474. The molecule has 0 fully saturated rings. The van der Waals surface area contributed by atoms with Crippen LogP contribution in [0.4, 0.5) is 0 Å². The summed E-state index contributed by atoms with van der Waals surface area (Å²) in [6.45, 7) is 4.02. The number of hydrogen-bond donors (Lipinski definition) is 0. The van der Waals surface area contributed by atoms with Crippen molar-refractivity contribution in [2.45, 2.75) is 32.8 Å². The number of aromatic nitrogens is 2. The Morgan fingerprint density at radius 3 is 2.29 bits per heavy atom. The lowest BCUT2D eigenvalue weighted by molar-refractivity contribution is -0.147. The predicted molar refractivity (Wildman–Crippen MR) is 93.5 cm³/mol. The second-order valence-corrected chi connectivity index (χ2v) is 5.72. The van der Waals surface area contributed by atoms with Crippen LogP contribution in [0.15, 0.2) is 54.6 Å². The Hall–Kier alpha value is -2.75. The highest BCUT2D eigenvalue weighted by molar-refractivity contribution is 5.78. The van der Waals surface area contributed by atoms with Crippen LogP contribution in [0.5, 0.6) is 0 Å². The summed E-state index contributed by atoms with van der Waals surface area (Å²) in [5, 5.41) is 0. The van der Waals surface area contributed by atoms with E-state index >= 15 is 0 Å². The molecule has 122 valence electrons. The Bertz CT molecular complexity index is 847. The van der Waals surface area contributed by atoms with E-state index in [2.05, 4.69) is 9.97 Å². The van der Waals surface area contributed by atoms with Gasteiger partial charge in [-0.2, -0.15) is 0 Å². The van der Waals surface area contributed by atoms with Crippen molar-refractivity contribution in [3.63, 3.8) is 0 Å². The number of ether oxygens (including phenoxy) is 1. The molecule has 1 aromatic heterocycles. The quantitative estimate of drug-likeness (QED) is 0.662. The second kappa shape index (κ2) is 7.21. The van der Waals surface area contributed by atoms with Gasteiger partial charge in [-0.15, -0.1) is 0 Å². The summed E-state index contributed by atoms with van der Waals surface area (Å²) >= 11 is 0. The highest BCUT2D eigenvalue weighted by atomic mass is 16.5. The normalized spacial score (nSPS) is 12.1. The highest BCUT2D eigenvalue weighted by Gasteiger charge is 2.20. The molecule has 24 heavy (non-hydrogen) atoms. The van der Waals surface area contributed by atoms with Crippen LogP contribution in [0.2, 0.25) is 0 Å². The predicted octanol–water partition coefficient (Wildman–Crippen LogP) is 4.18. The molecule has 0 saturated heterocycles. The first-order chi connectivity index (χ1) is 11.7. The first kappa shape index (κ1) is 16.1. The minimum atomic E-state index is -0.250. The van der Waals surface area contributed by atoms with Crippen LogP contribution in [-0.4, -0.2) is 15.9 Å². The van der Waals surface area contributed by atoms with Gasteiger partial charge in [0.25, 0.3) is 0 Å². The molecule has 0 bridgehead atoms. The van der Waals surface area contributed by atoms with Gasteiger partial charge in [0.2, 0.25) is 0 Å². The van der Waals surface area contributed by atoms with Crippen LogP contribution in [-0.2, 0) is 16.1 Å². The zero-order chi connectivity index (χ0) is 16.9. The number of fused-ring (bicyclic) bond motifs is 1. The summed E-state index contributed by atoms with van der Waals surface area (Å²) in [6.07, 6.45) is 0.700. The highest BCUT2D eigenvalue weighted by Crippen LogP contribution is 2.22. The fourth-order valence-corrected chi connectivity index (χ4v) is 2.73. The maximum absolute atomic E-state index is 12.5. The van der Waals surface area contributed by atoms with E-state index < -0.39 is 0 Å². The van der Waals surface area contributed by atoms with Gasteiger partial charge in [0.05, 0.1) is 28.3 Å². The minimum absolute atomic E-state index is 0.145. The molecule has 1 unspecified atom stereocenters. The van der Waals surface area contributed by atoms with E-state index in [9.17, 15) is 4.79 Å². The molecule has 4 heteroatoms. The molecule has 0 aliphatic carbocycles. The van der Waals surface area contributed by atoms with Crippen molar-refractivity contribution in [1.82, 2.24) is 9.97 Å². The number of carbonyl (C=O) groups is 1. The number of carbonyl (C=O) groups excluding carboxylic acids is 1. The average molecular weight is 320 g/mol. The number of rotatable bonds is 5. The molecular weight excluding hydrogens is 300 g/mol. The van der Waals surface area contributed by atoms with Crippen molar-refractivity contribution >= 4 is 17.0 Å². The first-order valence-electron chi connectivity index (χ1n) is 8.13. The maximum atomic E-state index is 12.5. The van der Waals surface area contributed by atoms with Gasteiger partial charge < -0.3 is 4.74 Å². The second-order valence-electron chi connectivity index (χ2n) is 5.72. The summed E-state index contributed by atoms with van der Waals surface area (Å²) in [4.78, 5) is 21.5. The Balaban J connectivity index is 1.75. The Morgan fingerprint density at radius 2 is 1.62 bits per heavy atom. The number of para-hydroxylation sites is 2. The van der Waals surface area contributed by atoms with E-state index in [1.165, 1.54) is 0 Å². The fourth-order valence-electron chi connectivity index (χ4n) is 2.73. The van der Waals surface area contributed by atoms with Crippen LogP contribution in [0.25, 0.3) is 11.0 Å². The average Bonchev–Trinajstić information content (AvgIpc) is 2.61. The number of hydrogen-bond acceptors (Lipinski definition) is 4. The monoisotopic (exact) mass is 320 g/mol. The Kier molecular flexibility index (Phi) is 4.85. The van der Waals surface area contributed by atoms with Gasteiger partial charge >= 0.3 is 5.97 Å². The van der Waals surface area contributed by atoms with E-state index in [0.29, 0.717) is 12.1 Å². The Morgan fingerprint density at radius 1 is 1.00 bits per heavy atom. The molecule has 0 spiro atoms. The zero-order valence-electron chi connectivity index (χ0n) is 13.9.